The molecule has 1 aliphatic carbocycles. The van der Waals surface area contributed by atoms with Crippen molar-refractivity contribution in [3.05, 3.63) is 47.7 Å². The van der Waals surface area contributed by atoms with Gasteiger partial charge in [-0.05, 0) is 23.0 Å². The van der Waals surface area contributed by atoms with Crippen LogP contribution >= 0.6 is 0 Å². The molecule has 0 spiro atoms. The Balaban J connectivity index is 2.50. The van der Waals surface area contributed by atoms with E-state index in [1.807, 2.05) is 53.7 Å². The zero-order chi connectivity index (χ0) is 17.4. The van der Waals surface area contributed by atoms with Crippen LogP contribution in [0.1, 0.15) is 41.5 Å². The zero-order valence-corrected chi connectivity index (χ0v) is 14.6. The number of ketones is 1. The summed E-state index contributed by atoms with van der Waals surface area (Å²) >= 11 is 0. The lowest BCUT2D eigenvalue weighted by Crippen LogP contribution is -2.29. The van der Waals surface area contributed by atoms with Crippen LogP contribution in [-0.4, -0.2) is 21.8 Å². The van der Waals surface area contributed by atoms with Crippen molar-refractivity contribution in [2.75, 3.05) is 0 Å². The van der Waals surface area contributed by atoms with E-state index >= 15 is 0 Å². The average Bonchev–Trinajstić information content (AvgIpc) is 2.38. The molecule has 2 N–H and O–H groups in total. The Labute approximate surface area is 137 Å². The van der Waals surface area contributed by atoms with Crippen LogP contribution in [0.4, 0.5) is 0 Å². The van der Waals surface area contributed by atoms with Crippen LogP contribution in [-0.2, 0) is 4.79 Å². The van der Waals surface area contributed by atoms with E-state index < -0.39 is 0 Å². The van der Waals surface area contributed by atoms with Gasteiger partial charge in [0.25, 0.3) is 0 Å². The number of aliphatic imine (C=N–C) groups is 1. The summed E-state index contributed by atoms with van der Waals surface area (Å²) < 4.78 is 0. The minimum Gasteiger partial charge on any atom is -0.344 e. The lowest BCUT2D eigenvalue weighted by molar-refractivity contribution is -0.114. The van der Waals surface area contributed by atoms with E-state index in [9.17, 15) is 10.0 Å². The molecule has 23 heavy (non-hydrogen) atoms. The second-order valence-corrected chi connectivity index (χ2v) is 7.84. The zero-order valence-electron chi connectivity index (χ0n) is 14.6. The highest BCUT2D eigenvalue weighted by molar-refractivity contribution is 6.23. The molecule has 0 radical (unpaired) electrons. The van der Waals surface area contributed by atoms with Crippen molar-refractivity contribution >= 4 is 11.5 Å². The van der Waals surface area contributed by atoms with E-state index in [0.717, 1.165) is 16.2 Å². The highest BCUT2D eigenvalue weighted by Crippen LogP contribution is 2.37. The molecule has 0 amide bonds. The van der Waals surface area contributed by atoms with Crippen molar-refractivity contribution < 1.29 is 10.0 Å². The van der Waals surface area contributed by atoms with Crippen LogP contribution in [0.15, 0.2) is 52.7 Å². The maximum atomic E-state index is 12.8. The van der Waals surface area contributed by atoms with Crippen molar-refractivity contribution in [2.24, 2.45) is 15.8 Å². The molecule has 0 unspecified atom stereocenters. The lowest BCUT2D eigenvalue weighted by atomic mass is 9.72. The first-order valence-corrected chi connectivity index (χ1v) is 7.68. The van der Waals surface area contributed by atoms with Crippen molar-refractivity contribution in [3.8, 4) is 0 Å². The van der Waals surface area contributed by atoms with E-state index in [1.165, 1.54) is 12.4 Å². The molecular formula is C18H25N3O2. The van der Waals surface area contributed by atoms with E-state index in [0.29, 0.717) is 11.5 Å². The van der Waals surface area contributed by atoms with Gasteiger partial charge in [-0.3, -0.25) is 10.0 Å². The molecule has 1 aliphatic heterocycles. The summed E-state index contributed by atoms with van der Waals surface area (Å²) in [5, 5.41) is 13.4. The van der Waals surface area contributed by atoms with Crippen molar-refractivity contribution in [3.63, 3.8) is 0 Å². The molecule has 0 fully saturated rings. The lowest BCUT2D eigenvalue weighted by Gasteiger charge is -2.31. The first-order chi connectivity index (χ1) is 10.5. The number of allylic oxidation sites excluding steroid dienone is 4. The van der Waals surface area contributed by atoms with Crippen LogP contribution in [0, 0.1) is 10.8 Å². The van der Waals surface area contributed by atoms with Gasteiger partial charge in [-0.2, -0.15) is 0 Å². The summed E-state index contributed by atoms with van der Waals surface area (Å²) in [6.07, 6.45) is 8.20. The second-order valence-electron chi connectivity index (χ2n) is 7.84. The van der Waals surface area contributed by atoms with E-state index in [2.05, 4.69) is 10.3 Å². The van der Waals surface area contributed by atoms with E-state index in [-0.39, 0.29) is 16.6 Å². The third kappa shape index (κ3) is 3.99. The fourth-order valence-electron chi connectivity index (χ4n) is 2.40. The number of Topliss-reactive ketones (excluding diaryl/α,β-unsaturated/α-hetero) is 1. The van der Waals surface area contributed by atoms with Crippen molar-refractivity contribution in [1.82, 2.24) is 10.4 Å². The van der Waals surface area contributed by atoms with Crippen LogP contribution in [0.3, 0.4) is 0 Å². The number of hydroxylamine groups is 2. The molecule has 0 aromatic heterocycles. The standard InChI is InChI=1S/C18H25N3O2/c1-17(2,3)13-9-12(10-14(16(13)22)18(4,5)6)20-15-11-21(23)8-7-19-15/h7-11,19,23H,1-6H3. The topological polar surface area (TPSA) is 64.9 Å². The Hall–Kier alpha value is -2.14. The monoisotopic (exact) mass is 315 g/mol. The summed E-state index contributed by atoms with van der Waals surface area (Å²) in [5.41, 5.74) is 1.66. The summed E-state index contributed by atoms with van der Waals surface area (Å²) in [6.45, 7) is 12.1. The summed E-state index contributed by atoms with van der Waals surface area (Å²) in [5.74, 6) is 0.589. The number of nitrogens with one attached hydrogen (secondary N) is 1. The van der Waals surface area contributed by atoms with Gasteiger partial charge in [0.1, 0.15) is 5.82 Å². The van der Waals surface area contributed by atoms with Gasteiger partial charge < -0.3 is 5.32 Å². The van der Waals surface area contributed by atoms with Gasteiger partial charge in [0, 0.05) is 23.5 Å². The molecule has 0 saturated carbocycles. The highest BCUT2D eigenvalue weighted by Gasteiger charge is 2.34. The Morgan fingerprint density at radius 1 is 1.04 bits per heavy atom. The van der Waals surface area contributed by atoms with Gasteiger partial charge in [-0.15, -0.1) is 0 Å². The summed E-state index contributed by atoms with van der Waals surface area (Å²) in [6, 6.07) is 0. The van der Waals surface area contributed by atoms with Gasteiger partial charge in [0.05, 0.1) is 11.9 Å². The quantitative estimate of drug-likeness (QED) is 0.727. The summed E-state index contributed by atoms with van der Waals surface area (Å²) in [7, 11) is 0. The average molecular weight is 315 g/mol. The van der Waals surface area contributed by atoms with Crippen LogP contribution in [0.2, 0.25) is 0 Å². The van der Waals surface area contributed by atoms with Crippen molar-refractivity contribution in [1.29, 1.82) is 0 Å². The minimum atomic E-state index is -0.264. The van der Waals surface area contributed by atoms with Gasteiger partial charge in [0.15, 0.2) is 5.78 Å². The molecule has 124 valence electrons. The number of carbonyl (C=O) groups is 1. The maximum Gasteiger partial charge on any atom is 0.186 e. The molecular weight excluding hydrogens is 290 g/mol. The number of hydrogen-bond acceptors (Lipinski definition) is 5. The Bertz CT molecular complexity index is 629. The predicted molar refractivity (Wildman–Crippen MR) is 91.5 cm³/mol. The van der Waals surface area contributed by atoms with Gasteiger partial charge in [-0.25, -0.2) is 10.1 Å². The number of carbonyl (C=O) groups excluding carboxylic acids is 1. The molecule has 0 aromatic carbocycles. The fraction of sp³-hybridized carbons (Fsp3) is 0.444. The van der Waals surface area contributed by atoms with Gasteiger partial charge >= 0.3 is 0 Å². The Kier molecular flexibility index (Phi) is 4.35. The smallest absolute Gasteiger partial charge is 0.186 e. The number of hydrogen-bond donors (Lipinski definition) is 2. The largest absolute Gasteiger partial charge is 0.344 e. The first-order valence-electron chi connectivity index (χ1n) is 7.68. The molecule has 2 aliphatic rings. The summed E-state index contributed by atoms with van der Waals surface area (Å²) in [4.78, 5) is 17.3. The predicted octanol–water partition coefficient (Wildman–Crippen LogP) is 3.52. The Morgan fingerprint density at radius 3 is 2.00 bits per heavy atom. The van der Waals surface area contributed by atoms with Crippen molar-refractivity contribution in [2.45, 2.75) is 41.5 Å². The first kappa shape index (κ1) is 17.2. The minimum absolute atomic E-state index is 0.0817. The number of nitrogens with zero attached hydrogens (tertiary/aromatic N) is 2. The SMILES string of the molecule is CC(C)(C)C1=CC(=NC2=CN(O)C=CN2)C=C(C(C)(C)C)C1=O. The third-order valence-corrected chi connectivity index (χ3v) is 3.65. The normalized spacial score (nSPS) is 19.1. The molecule has 0 aromatic rings. The van der Waals surface area contributed by atoms with Gasteiger partial charge in [-0.1, -0.05) is 41.5 Å². The third-order valence-electron chi connectivity index (χ3n) is 3.65. The fourth-order valence-corrected chi connectivity index (χ4v) is 2.40. The molecule has 5 nitrogen and oxygen atoms in total. The Morgan fingerprint density at radius 2 is 1.57 bits per heavy atom. The second kappa shape index (κ2) is 5.81. The number of rotatable bonds is 1. The molecule has 1 heterocycles. The molecule has 2 rings (SSSR count). The molecule has 0 saturated heterocycles. The maximum absolute atomic E-state index is 12.8. The molecule has 0 atom stereocenters. The molecule has 5 heteroatoms. The van der Waals surface area contributed by atoms with Gasteiger partial charge in [0.2, 0.25) is 0 Å². The molecule has 0 bridgehead atoms. The van der Waals surface area contributed by atoms with Crippen LogP contribution in [0.25, 0.3) is 0 Å². The van der Waals surface area contributed by atoms with E-state index in [1.54, 1.807) is 6.20 Å². The highest BCUT2D eigenvalue weighted by atomic mass is 16.5. The van der Waals surface area contributed by atoms with E-state index in [4.69, 9.17) is 0 Å². The van der Waals surface area contributed by atoms with Crippen LogP contribution in [0.5, 0.6) is 0 Å². The van der Waals surface area contributed by atoms with Crippen LogP contribution < -0.4 is 5.32 Å².